The third-order valence-corrected chi connectivity index (χ3v) is 6.86. The lowest BCUT2D eigenvalue weighted by atomic mass is 9.82. The Hall–Kier alpha value is -1.70. The predicted molar refractivity (Wildman–Crippen MR) is 101 cm³/mol. The Bertz CT molecular complexity index is 660. The van der Waals surface area contributed by atoms with Gasteiger partial charge in [-0.2, -0.15) is 0 Å². The van der Waals surface area contributed by atoms with Crippen LogP contribution >= 0.6 is 11.8 Å². The molecule has 0 spiro atoms. The smallest absolute Gasteiger partial charge is 0.257 e. The van der Waals surface area contributed by atoms with Crippen molar-refractivity contribution >= 4 is 23.6 Å². The molecule has 1 N–H and O–H groups in total. The first-order chi connectivity index (χ1) is 12.4. The van der Waals surface area contributed by atoms with Gasteiger partial charge in [0.15, 0.2) is 0 Å². The molecule has 0 aromatic rings. The van der Waals surface area contributed by atoms with Crippen LogP contribution in [0.2, 0.25) is 0 Å². The summed E-state index contributed by atoms with van der Waals surface area (Å²) in [6.07, 6.45) is 3.88. The highest BCUT2D eigenvalue weighted by molar-refractivity contribution is 8.04. The van der Waals surface area contributed by atoms with Crippen molar-refractivity contribution < 1.29 is 9.59 Å². The minimum absolute atomic E-state index is 0.0654. The Morgan fingerprint density at radius 1 is 1.38 bits per heavy atom. The molecule has 0 bridgehead atoms. The topological polar surface area (TPSA) is 101 Å². The first kappa shape index (κ1) is 19.1. The van der Waals surface area contributed by atoms with Crippen LogP contribution in [0.3, 0.4) is 0 Å². The van der Waals surface area contributed by atoms with Crippen molar-refractivity contribution in [3.8, 4) is 0 Å². The minimum Gasteiger partial charge on any atom is -0.349 e. The zero-order chi connectivity index (χ0) is 18.8. The molecule has 142 valence electrons. The fourth-order valence-electron chi connectivity index (χ4n) is 4.15. The van der Waals surface area contributed by atoms with Gasteiger partial charge in [-0.25, -0.2) is 0 Å². The maximum absolute atomic E-state index is 12.7. The van der Waals surface area contributed by atoms with Crippen LogP contribution in [-0.2, 0) is 9.59 Å². The quantitative estimate of drug-likeness (QED) is 0.456. The lowest BCUT2D eigenvalue weighted by Crippen LogP contribution is -2.48. The Balaban J connectivity index is 1.66. The van der Waals surface area contributed by atoms with E-state index in [0.29, 0.717) is 30.4 Å². The predicted octanol–water partition coefficient (Wildman–Crippen LogP) is 1.60. The van der Waals surface area contributed by atoms with Gasteiger partial charge < -0.3 is 15.1 Å². The molecular formula is C17H26N6O2S. The number of hydrogen-bond donors (Lipinski definition) is 1. The molecule has 8 nitrogen and oxygen atoms in total. The van der Waals surface area contributed by atoms with Gasteiger partial charge in [0.05, 0.1) is 10.9 Å². The van der Waals surface area contributed by atoms with Gasteiger partial charge in [-0.1, -0.05) is 11.2 Å². The second kappa shape index (κ2) is 7.90. The normalized spacial score (nSPS) is 33.8. The van der Waals surface area contributed by atoms with Gasteiger partial charge in [0.1, 0.15) is 0 Å². The molecule has 26 heavy (non-hydrogen) atoms. The minimum atomic E-state index is -0.300. The molecule has 9 heteroatoms. The van der Waals surface area contributed by atoms with Gasteiger partial charge >= 0.3 is 0 Å². The van der Waals surface area contributed by atoms with Crippen LogP contribution in [0.5, 0.6) is 0 Å². The number of likely N-dealkylation sites (tertiary alicyclic amines) is 1. The van der Waals surface area contributed by atoms with Crippen molar-refractivity contribution in [2.24, 2.45) is 17.0 Å². The summed E-state index contributed by atoms with van der Waals surface area (Å²) in [5, 5.41) is 7.35. The van der Waals surface area contributed by atoms with Gasteiger partial charge in [-0.05, 0) is 31.8 Å². The van der Waals surface area contributed by atoms with E-state index in [4.69, 9.17) is 5.53 Å². The van der Waals surface area contributed by atoms with Crippen molar-refractivity contribution in [1.82, 2.24) is 15.1 Å². The van der Waals surface area contributed by atoms with Crippen LogP contribution < -0.4 is 5.32 Å². The highest BCUT2D eigenvalue weighted by atomic mass is 32.2. The summed E-state index contributed by atoms with van der Waals surface area (Å²) in [5.74, 6) is 0.246. The van der Waals surface area contributed by atoms with E-state index in [1.54, 1.807) is 30.8 Å². The van der Waals surface area contributed by atoms with E-state index < -0.39 is 0 Å². The molecule has 2 fully saturated rings. The van der Waals surface area contributed by atoms with E-state index in [-0.39, 0.29) is 29.8 Å². The highest BCUT2D eigenvalue weighted by Crippen LogP contribution is 2.41. The monoisotopic (exact) mass is 378 g/mol. The van der Waals surface area contributed by atoms with Gasteiger partial charge in [-0.3, -0.25) is 9.59 Å². The van der Waals surface area contributed by atoms with Crippen molar-refractivity contribution in [2.45, 2.75) is 36.6 Å². The fraction of sp³-hybridized carbons (Fsp3) is 0.765. The third kappa shape index (κ3) is 4.00. The number of azide groups is 1. The SMILES string of the molecule is CN1CC2C=C(C(=O)N[C@@H]3C[C@@H](C(=O)N(C)C)CC[C@@H]3N=[N+]=[N-])SC2C1. The summed E-state index contributed by atoms with van der Waals surface area (Å²) in [6, 6.07) is -0.599. The zero-order valence-electron chi connectivity index (χ0n) is 15.5. The van der Waals surface area contributed by atoms with Crippen molar-refractivity contribution in [3.63, 3.8) is 0 Å². The van der Waals surface area contributed by atoms with Crippen LogP contribution in [0, 0.1) is 11.8 Å². The summed E-state index contributed by atoms with van der Waals surface area (Å²) in [6.45, 7) is 1.98. The first-order valence-corrected chi connectivity index (χ1v) is 9.90. The van der Waals surface area contributed by atoms with Crippen molar-refractivity contribution in [3.05, 3.63) is 21.4 Å². The third-order valence-electron chi connectivity index (χ3n) is 5.48. The average molecular weight is 379 g/mol. The van der Waals surface area contributed by atoms with Crippen LogP contribution in [0.25, 0.3) is 10.4 Å². The van der Waals surface area contributed by atoms with E-state index in [9.17, 15) is 9.59 Å². The maximum atomic E-state index is 12.7. The molecule has 3 rings (SSSR count). The number of hydrogen-bond acceptors (Lipinski definition) is 5. The van der Waals surface area contributed by atoms with E-state index in [0.717, 1.165) is 18.0 Å². The molecular weight excluding hydrogens is 352 g/mol. The second-order valence-electron chi connectivity index (χ2n) is 7.67. The Labute approximate surface area is 158 Å². The number of nitrogens with one attached hydrogen (secondary N) is 1. The summed E-state index contributed by atoms with van der Waals surface area (Å²) < 4.78 is 0. The Morgan fingerprint density at radius 2 is 2.15 bits per heavy atom. The largest absolute Gasteiger partial charge is 0.349 e. The maximum Gasteiger partial charge on any atom is 0.257 e. The van der Waals surface area contributed by atoms with Gasteiger partial charge in [-0.15, -0.1) is 11.8 Å². The molecule has 2 amide bonds. The number of nitrogens with zero attached hydrogens (tertiary/aromatic N) is 5. The fourth-order valence-corrected chi connectivity index (χ4v) is 5.56. The molecule has 0 radical (unpaired) electrons. The van der Waals surface area contributed by atoms with Crippen molar-refractivity contribution in [2.75, 3.05) is 34.2 Å². The Kier molecular flexibility index (Phi) is 5.79. The van der Waals surface area contributed by atoms with E-state index in [2.05, 4.69) is 33.4 Å². The van der Waals surface area contributed by atoms with Crippen LogP contribution in [0.1, 0.15) is 19.3 Å². The summed E-state index contributed by atoms with van der Waals surface area (Å²) >= 11 is 1.64. The highest BCUT2D eigenvalue weighted by Gasteiger charge is 2.39. The number of carbonyl (C=O) groups is 2. The number of fused-ring (bicyclic) bond motifs is 1. The zero-order valence-corrected chi connectivity index (χ0v) is 16.3. The molecule has 2 unspecified atom stereocenters. The first-order valence-electron chi connectivity index (χ1n) is 9.02. The molecule has 0 aromatic heterocycles. The number of thioether (sulfide) groups is 1. The Morgan fingerprint density at radius 3 is 2.81 bits per heavy atom. The van der Waals surface area contributed by atoms with E-state index in [1.165, 1.54) is 0 Å². The van der Waals surface area contributed by atoms with Gasteiger partial charge in [0, 0.05) is 55.2 Å². The number of carbonyl (C=O) groups excluding carboxylic acids is 2. The molecule has 2 heterocycles. The molecule has 1 saturated carbocycles. The van der Waals surface area contributed by atoms with Crippen LogP contribution in [0.15, 0.2) is 16.1 Å². The van der Waals surface area contributed by atoms with Crippen LogP contribution in [-0.4, -0.2) is 73.2 Å². The van der Waals surface area contributed by atoms with E-state index >= 15 is 0 Å². The van der Waals surface area contributed by atoms with Gasteiger partial charge in [0.2, 0.25) is 5.91 Å². The lowest BCUT2D eigenvalue weighted by Gasteiger charge is -2.34. The summed E-state index contributed by atoms with van der Waals surface area (Å²) in [7, 11) is 5.58. The molecule has 0 aromatic carbocycles. The van der Waals surface area contributed by atoms with Crippen LogP contribution in [0.4, 0.5) is 0 Å². The van der Waals surface area contributed by atoms with Gasteiger partial charge in [0.25, 0.3) is 5.91 Å². The molecule has 1 saturated heterocycles. The molecule has 3 aliphatic rings. The second-order valence-corrected chi connectivity index (χ2v) is 8.95. The summed E-state index contributed by atoms with van der Waals surface area (Å²) in [5.41, 5.74) is 8.83. The standard InChI is InChI=1S/C17H26N6O2S/c1-22(2)17(25)10-4-5-12(20-21-18)13(6-10)19-16(24)14-7-11-8-23(3)9-15(11)26-14/h7,10-13,15H,4-6,8-9H2,1-3H3,(H,19,24)/t10-,11?,12-,13+,15?/m0/s1. The molecule has 1 aliphatic carbocycles. The lowest BCUT2D eigenvalue weighted by molar-refractivity contribution is -0.134. The average Bonchev–Trinajstić information content (AvgIpc) is 3.13. The van der Waals surface area contributed by atoms with E-state index in [1.807, 2.05) is 0 Å². The number of rotatable bonds is 4. The molecule has 2 aliphatic heterocycles. The number of amides is 2. The van der Waals surface area contributed by atoms with Crippen molar-refractivity contribution in [1.29, 1.82) is 0 Å². The summed E-state index contributed by atoms with van der Waals surface area (Å²) in [4.78, 5) is 32.6. The molecule has 5 atom stereocenters.